The Bertz CT molecular complexity index is 559. The highest BCUT2D eigenvalue weighted by molar-refractivity contribution is 5.98. The molecular weight excluding hydrogens is 230 g/mol. The molecule has 1 aromatic carbocycles. The summed E-state index contributed by atoms with van der Waals surface area (Å²) in [7, 11) is 0. The van der Waals surface area contributed by atoms with Crippen molar-refractivity contribution in [1.82, 2.24) is 5.32 Å². The summed E-state index contributed by atoms with van der Waals surface area (Å²) in [6.07, 6.45) is 0.533. The summed E-state index contributed by atoms with van der Waals surface area (Å²) in [6, 6.07) is 7.50. The first kappa shape index (κ1) is 12.6. The van der Waals surface area contributed by atoms with Gasteiger partial charge in [0.1, 0.15) is 5.58 Å². The van der Waals surface area contributed by atoms with Gasteiger partial charge in [-0.25, -0.2) is 0 Å². The van der Waals surface area contributed by atoms with Crippen LogP contribution in [0.1, 0.15) is 29.5 Å². The molecule has 96 valence electrons. The van der Waals surface area contributed by atoms with Crippen LogP contribution in [0.15, 0.2) is 28.7 Å². The van der Waals surface area contributed by atoms with Crippen LogP contribution in [0.4, 0.5) is 0 Å². The van der Waals surface area contributed by atoms with E-state index in [2.05, 4.69) is 5.32 Å². The SMILES string of the molecule is Cc1c(C(=O)NC(C)CCO)oc2ccccc12. The van der Waals surface area contributed by atoms with Gasteiger partial charge in [0.2, 0.25) is 0 Å². The van der Waals surface area contributed by atoms with Crippen molar-refractivity contribution in [2.75, 3.05) is 6.61 Å². The smallest absolute Gasteiger partial charge is 0.287 e. The van der Waals surface area contributed by atoms with Crippen LogP contribution in [0.3, 0.4) is 0 Å². The van der Waals surface area contributed by atoms with Crippen molar-refractivity contribution in [2.24, 2.45) is 0 Å². The molecule has 0 aliphatic heterocycles. The predicted octanol–water partition coefficient (Wildman–Crippen LogP) is 2.24. The maximum absolute atomic E-state index is 12.0. The van der Waals surface area contributed by atoms with Crippen molar-refractivity contribution >= 4 is 16.9 Å². The van der Waals surface area contributed by atoms with Gasteiger partial charge in [-0.05, 0) is 26.3 Å². The summed E-state index contributed by atoms with van der Waals surface area (Å²) in [4.78, 5) is 12.0. The first-order chi connectivity index (χ1) is 8.63. The lowest BCUT2D eigenvalue weighted by atomic mass is 10.1. The summed E-state index contributed by atoms with van der Waals surface area (Å²) >= 11 is 0. The van der Waals surface area contributed by atoms with Gasteiger partial charge in [-0.3, -0.25) is 4.79 Å². The number of furan rings is 1. The maximum atomic E-state index is 12.0. The molecule has 0 spiro atoms. The van der Waals surface area contributed by atoms with Gasteiger partial charge in [0, 0.05) is 23.6 Å². The number of aryl methyl sites for hydroxylation is 1. The van der Waals surface area contributed by atoms with E-state index < -0.39 is 0 Å². The molecule has 0 fully saturated rings. The van der Waals surface area contributed by atoms with Crippen molar-refractivity contribution in [3.63, 3.8) is 0 Å². The zero-order chi connectivity index (χ0) is 13.1. The molecular formula is C14H17NO3. The second kappa shape index (κ2) is 5.23. The Balaban J connectivity index is 2.25. The van der Waals surface area contributed by atoms with E-state index in [1.165, 1.54) is 0 Å². The van der Waals surface area contributed by atoms with E-state index in [1.807, 2.05) is 38.1 Å². The minimum Gasteiger partial charge on any atom is -0.451 e. The number of hydrogen-bond acceptors (Lipinski definition) is 3. The summed E-state index contributed by atoms with van der Waals surface area (Å²) in [5, 5.41) is 12.6. The van der Waals surface area contributed by atoms with Crippen LogP contribution in [0.5, 0.6) is 0 Å². The van der Waals surface area contributed by atoms with Gasteiger partial charge in [-0.1, -0.05) is 18.2 Å². The number of fused-ring (bicyclic) bond motifs is 1. The van der Waals surface area contributed by atoms with Crippen LogP contribution < -0.4 is 5.32 Å². The number of amides is 1. The fourth-order valence-corrected chi connectivity index (χ4v) is 1.95. The Labute approximate surface area is 106 Å². The fraction of sp³-hybridized carbons (Fsp3) is 0.357. The van der Waals surface area contributed by atoms with Gasteiger partial charge < -0.3 is 14.8 Å². The number of aliphatic hydroxyl groups excluding tert-OH is 1. The van der Waals surface area contributed by atoms with Gasteiger partial charge in [-0.2, -0.15) is 0 Å². The van der Waals surface area contributed by atoms with Crippen LogP contribution in [-0.4, -0.2) is 23.7 Å². The van der Waals surface area contributed by atoms with Crippen LogP contribution >= 0.6 is 0 Å². The minimum atomic E-state index is -0.232. The summed E-state index contributed by atoms with van der Waals surface area (Å²) in [5.41, 5.74) is 1.56. The lowest BCUT2D eigenvalue weighted by Gasteiger charge is -2.11. The third-order valence-electron chi connectivity index (χ3n) is 2.99. The number of hydrogen-bond donors (Lipinski definition) is 2. The van der Waals surface area contributed by atoms with Gasteiger partial charge in [-0.15, -0.1) is 0 Å². The molecule has 4 heteroatoms. The molecule has 0 aliphatic rings. The van der Waals surface area contributed by atoms with E-state index in [-0.39, 0.29) is 18.6 Å². The monoisotopic (exact) mass is 247 g/mol. The van der Waals surface area contributed by atoms with E-state index in [4.69, 9.17) is 9.52 Å². The Morgan fingerprint density at radius 2 is 2.17 bits per heavy atom. The highest BCUT2D eigenvalue weighted by Gasteiger charge is 2.18. The predicted molar refractivity (Wildman–Crippen MR) is 69.6 cm³/mol. The van der Waals surface area contributed by atoms with Crippen molar-refractivity contribution in [3.8, 4) is 0 Å². The van der Waals surface area contributed by atoms with E-state index >= 15 is 0 Å². The van der Waals surface area contributed by atoms with Crippen LogP contribution in [0.2, 0.25) is 0 Å². The quantitative estimate of drug-likeness (QED) is 0.871. The third kappa shape index (κ3) is 2.38. The Morgan fingerprint density at radius 3 is 2.83 bits per heavy atom. The second-order valence-electron chi connectivity index (χ2n) is 4.44. The Kier molecular flexibility index (Phi) is 3.67. The summed E-state index contributed by atoms with van der Waals surface area (Å²) < 4.78 is 5.57. The average molecular weight is 247 g/mol. The number of nitrogens with one attached hydrogen (secondary N) is 1. The molecule has 0 saturated carbocycles. The van der Waals surface area contributed by atoms with E-state index in [9.17, 15) is 4.79 Å². The van der Waals surface area contributed by atoms with Gasteiger partial charge in [0.05, 0.1) is 0 Å². The average Bonchev–Trinajstić information content (AvgIpc) is 2.68. The standard InChI is InChI=1S/C14H17NO3/c1-9(7-8-16)15-14(17)13-10(2)11-5-3-4-6-12(11)18-13/h3-6,9,16H,7-8H2,1-2H3,(H,15,17). The van der Waals surface area contributed by atoms with Crippen molar-refractivity contribution in [1.29, 1.82) is 0 Å². The number of benzene rings is 1. The third-order valence-corrected chi connectivity index (χ3v) is 2.99. The summed E-state index contributed by atoms with van der Waals surface area (Å²) in [5.74, 6) is 0.116. The number of carbonyl (C=O) groups is 1. The molecule has 1 aromatic heterocycles. The van der Waals surface area contributed by atoms with Crippen LogP contribution in [0, 0.1) is 6.92 Å². The second-order valence-corrected chi connectivity index (χ2v) is 4.44. The highest BCUT2D eigenvalue weighted by atomic mass is 16.3. The van der Waals surface area contributed by atoms with Crippen LogP contribution in [-0.2, 0) is 0 Å². The molecule has 4 nitrogen and oxygen atoms in total. The van der Waals surface area contributed by atoms with Crippen LogP contribution in [0.25, 0.3) is 11.0 Å². The van der Waals surface area contributed by atoms with Crippen molar-refractivity contribution < 1.29 is 14.3 Å². The number of aliphatic hydroxyl groups is 1. The molecule has 18 heavy (non-hydrogen) atoms. The molecule has 1 unspecified atom stereocenters. The minimum absolute atomic E-state index is 0.0561. The number of carbonyl (C=O) groups excluding carboxylic acids is 1. The molecule has 0 saturated heterocycles. The Hall–Kier alpha value is -1.81. The lowest BCUT2D eigenvalue weighted by molar-refractivity contribution is 0.0907. The topological polar surface area (TPSA) is 62.5 Å². The maximum Gasteiger partial charge on any atom is 0.287 e. The molecule has 1 amide bonds. The van der Waals surface area contributed by atoms with Gasteiger partial charge >= 0.3 is 0 Å². The van der Waals surface area contributed by atoms with Crippen molar-refractivity contribution in [2.45, 2.75) is 26.3 Å². The van der Waals surface area contributed by atoms with Gasteiger partial charge in [0.25, 0.3) is 5.91 Å². The zero-order valence-corrected chi connectivity index (χ0v) is 10.6. The molecule has 0 aliphatic carbocycles. The molecule has 2 aromatic rings. The fourth-order valence-electron chi connectivity index (χ4n) is 1.95. The Morgan fingerprint density at radius 1 is 1.44 bits per heavy atom. The molecule has 1 atom stereocenters. The van der Waals surface area contributed by atoms with Crippen molar-refractivity contribution in [3.05, 3.63) is 35.6 Å². The first-order valence-corrected chi connectivity index (χ1v) is 6.03. The number of para-hydroxylation sites is 1. The largest absolute Gasteiger partial charge is 0.451 e. The van der Waals surface area contributed by atoms with E-state index in [1.54, 1.807) is 0 Å². The summed E-state index contributed by atoms with van der Waals surface area (Å²) in [6.45, 7) is 3.78. The molecule has 0 radical (unpaired) electrons. The first-order valence-electron chi connectivity index (χ1n) is 6.03. The zero-order valence-electron chi connectivity index (χ0n) is 10.6. The highest BCUT2D eigenvalue weighted by Crippen LogP contribution is 2.24. The molecule has 2 rings (SSSR count). The normalized spacial score (nSPS) is 12.6. The lowest BCUT2D eigenvalue weighted by Crippen LogP contribution is -2.33. The van der Waals surface area contributed by atoms with E-state index in [0.717, 1.165) is 16.5 Å². The molecule has 2 N–H and O–H groups in total. The van der Waals surface area contributed by atoms with E-state index in [0.29, 0.717) is 12.2 Å². The van der Waals surface area contributed by atoms with Gasteiger partial charge in [0.15, 0.2) is 5.76 Å². The molecule has 1 heterocycles. The number of rotatable bonds is 4. The molecule has 0 bridgehead atoms.